The van der Waals surface area contributed by atoms with Gasteiger partial charge in [-0.3, -0.25) is 5.09 Å². The first-order valence-corrected chi connectivity index (χ1v) is 15.2. The third-order valence-electron chi connectivity index (χ3n) is 5.79. The second-order valence-corrected chi connectivity index (χ2v) is 14.1. The van der Waals surface area contributed by atoms with Gasteiger partial charge in [-0.15, -0.1) is 0 Å². The van der Waals surface area contributed by atoms with Crippen molar-refractivity contribution in [1.82, 2.24) is 5.09 Å². The summed E-state index contributed by atoms with van der Waals surface area (Å²) < 4.78 is 25.1. The summed E-state index contributed by atoms with van der Waals surface area (Å²) in [7, 11) is -5.00. The van der Waals surface area contributed by atoms with Gasteiger partial charge in [-0.25, -0.2) is 4.79 Å². The van der Waals surface area contributed by atoms with Crippen LogP contribution in [0.25, 0.3) is 0 Å². The van der Waals surface area contributed by atoms with Gasteiger partial charge in [0.05, 0.1) is 7.11 Å². The van der Waals surface area contributed by atoms with Gasteiger partial charge >= 0.3 is 6.09 Å². The number of nitrogens with zero attached hydrogens (tertiary/aromatic N) is 1. The van der Waals surface area contributed by atoms with Crippen LogP contribution in [0.1, 0.15) is 13.8 Å². The highest BCUT2D eigenvalue weighted by atomic mass is 31.2. The van der Waals surface area contributed by atoms with E-state index in [9.17, 15) is 4.79 Å². The third-order valence-corrected chi connectivity index (χ3v) is 12.6. The van der Waals surface area contributed by atoms with Gasteiger partial charge in [0.2, 0.25) is 0 Å². The summed E-state index contributed by atoms with van der Waals surface area (Å²) in [6, 6.07) is 36.4. The van der Waals surface area contributed by atoms with Crippen LogP contribution in [0.5, 0.6) is 0 Å². The van der Waals surface area contributed by atoms with Crippen LogP contribution in [0.15, 0.2) is 120 Å². The fourth-order valence-corrected chi connectivity index (χ4v) is 11.1. The summed E-state index contributed by atoms with van der Waals surface area (Å²) in [6.45, 7) is 4.03. The molecule has 0 aliphatic heterocycles. The Hall–Kier alpha value is -3.23. The molecule has 36 heavy (non-hydrogen) atoms. The van der Waals surface area contributed by atoms with Crippen molar-refractivity contribution in [3.05, 3.63) is 115 Å². The lowest BCUT2D eigenvalue weighted by atomic mass is 10.3. The Morgan fingerprint density at radius 3 is 1.56 bits per heavy atom. The largest absolute Gasteiger partial charge is 0.451 e. The standard InChI is InChI=1S/C29H30N2O3P2/c1-23(2)30-36(31-29(32)34-3,26-19-11-6-12-20-26)28-22-14-13-21-27(28)35(33,24-15-7-4-8-16-24)25-17-9-5-10-18-25/h4-23,30H,1-3H3. The average molecular weight is 517 g/mol. The first-order valence-electron chi connectivity index (χ1n) is 11.8. The maximum atomic E-state index is 15.4. The number of amides is 1. The van der Waals surface area contributed by atoms with Crippen molar-refractivity contribution >= 4 is 47.0 Å². The van der Waals surface area contributed by atoms with E-state index in [2.05, 4.69) is 9.83 Å². The molecule has 184 valence electrons. The summed E-state index contributed by atoms with van der Waals surface area (Å²) in [5.74, 6) is 0. The van der Waals surface area contributed by atoms with Crippen LogP contribution in [-0.4, -0.2) is 19.2 Å². The van der Waals surface area contributed by atoms with E-state index in [0.29, 0.717) is 5.30 Å². The first-order chi connectivity index (χ1) is 17.4. The van der Waals surface area contributed by atoms with Crippen LogP contribution >= 0.6 is 14.3 Å². The number of hydrogen-bond acceptors (Lipinski definition) is 3. The van der Waals surface area contributed by atoms with Crippen molar-refractivity contribution in [2.45, 2.75) is 19.9 Å². The molecule has 0 aliphatic carbocycles. The van der Waals surface area contributed by atoms with Gasteiger partial charge in [0.1, 0.15) is 7.21 Å². The van der Waals surface area contributed by atoms with Crippen molar-refractivity contribution in [2.75, 3.05) is 7.11 Å². The van der Waals surface area contributed by atoms with Gasteiger partial charge in [-0.2, -0.15) is 4.74 Å². The predicted octanol–water partition coefficient (Wildman–Crippen LogP) is 5.16. The highest BCUT2D eigenvalue weighted by Crippen LogP contribution is 2.49. The molecule has 0 saturated carbocycles. The van der Waals surface area contributed by atoms with Crippen molar-refractivity contribution in [2.24, 2.45) is 4.74 Å². The van der Waals surface area contributed by atoms with Crippen LogP contribution in [0.4, 0.5) is 4.79 Å². The zero-order valence-corrected chi connectivity index (χ0v) is 22.4. The summed E-state index contributed by atoms with van der Waals surface area (Å²) in [5.41, 5.74) is 0. The normalized spacial score (nSPS) is 13.1. The van der Waals surface area contributed by atoms with E-state index in [4.69, 9.17) is 4.74 Å². The number of hydrogen-bond donors (Lipinski definition) is 1. The van der Waals surface area contributed by atoms with Crippen molar-refractivity contribution in [1.29, 1.82) is 0 Å². The quantitative estimate of drug-likeness (QED) is 0.345. The Kier molecular flexibility index (Phi) is 8.06. The molecule has 0 radical (unpaired) electrons. The number of methoxy groups -OCH3 is 1. The van der Waals surface area contributed by atoms with E-state index in [1.165, 1.54) is 7.11 Å². The highest BCUT2D eigenvalue weighted by molar-refractivity contribution is 7.88. The Balaban J connectivity index is 2.15. The summed E-state index contributed by atoms with van der Waals surface area (Å²) in [6.07, 6.45) is -0.676. The molecule has 1 N–H and O–H groups in total. The van der Waals surface area contributed by atoms with E-state index in [1.54, 1.807) is 0 Å². The lowest BCUT2D eigenvalue weighted by Gasteiger charge is -2.32. The van der Waals surface area contributed by atoms with E-state index in [0.717, 1.165) is 21.2 Å². The molecule has 0 aliphatic rings. The minimum Gasteiger partial charge on any atom is -0.451 e. The lowest BCUT2D eigenvalue weighted by molar-refractivity contribution is 0.183. The van der Waals surface area contributed by atoms with E-state index in [-0.39, 0.29) is 6.04 Å². The Bertz CT molecular complexity index is 1380. The minimum atomic E-state index is -3.35. The molecular formula is C29H30N2O3P2. The first kappa shape index (κ1) is 25.9. The molecule has 0 aromatic heterocycles. The molecule has 4 aromatic carbocycles. The average Bonchev–Trinajstić information content (AvgIpc) is 2.93. The van der Waals surface area contributed by atoms with E-state index < -0.39 is 20.4 Å². The fourth-order valence-electron chi connectivity index (χ4n) is 4.31. The number of nitrogens with one attached hydrogen (secondary N) is 1. The van der Waals surface area contributed by atoms with Gasteiger partial charge in [-0.05, 0) is 13.8 Å². The number of carbonyl (C=O) groups is 1. The fraction of sp³-hybridized carbons (Fsp3) is 0.138. The van der Waals surface area contributed by atoms with Crippen LogP contribution < -0.4 is 31.6 Å². The molecule has 0 spiro atoms. The molecule has 5 nitrogen and oxygen atoms in total. The third kappa shape index (κ3) is 5.01. The number of ether oxygens (including phenoxy) is 1. The molecule has 1 unspecified atom stereocenters. The zero-order valence-electron chi connectivity index (χ0n) is 20.6. The highest BCUT2D eigenvalue weighted by Gasteiger charge is 2.38. The summed E-state index contributed by atoms with van der Waals surface area (Å²) in [4.78, 5) is 12.8. The molecule has 0 fully saturated rings. The van der Waals surface area contributed by atoms with Gasteiger partial charge in [-0.1, -0.05) is 115 Å². The molecule has 1 atom stereocenters. The van der Waals surface area contributed by atoms with Gasteiger partial charge < -0.3 is 9.30 Å². The second-order valence-electron chi connectivity index (χ2n) is 8.59. The SMILES string of the molecule is COC(=O)N=P(NC(C)C)(c1ccccc1)c1ccccc1P(=O)(c1ccccc1)c1ccccc1. The van der Waals surface area contributed by atoms with Crippen molar-refractivity contribution in [3.63, 3.8) is 0 Å². The van der Waals surface area contributed by atoms with Crippen LogP contribution in [0.3, 0.4) is 0 Å². The smallest absolute Gasteiger partial charge is 0.433 e. The molecule has 0 saturated heterocycles. The Labute approximate surface area is 213 Å². The molecule has 0 bridgehead atoms. The molecular weight excluding hydrogens is 486 g/mol. The Morgan fingerprint density at radius 1 is 0.694 bits per heavy atom. The molecule has 7 heteroatoms. The minimum absolute atomic E-state index is 0.0205. The molecule has 4 aromatic rings. The van der Waals surface area contributed by atoms with Crippen LogP contribution in [0.2, 0.25) is 0 Å². The van der Waals surface area contributed by atoms with Crippen molar-refractivity contribution in [3.8, 4) is 0 Å². The van der Waals surface area contributed by atoms with Crippen LogP contribution in [-0.2, 0) is 9.30 Å². The number of rotatable bonds is 7. The molecule has 4 rings (SSSR count). The van der Waals surface area contributed by atoms with Gasteiger partial charge in [0, 0.05) is 32.6 Å². The van der Waals surface area contributed by atoms with Crippen molar-refractivity contribution < 1.29 is 14.1 Å². The number of carbonyl (C=O) groups excluding carboxylic acids is 1. The lowest BCUT2D eigenvalue weighted by Crippen LogP contribution is -2.41. The Morgan fingerprint density at radius 2 is 1.11 bits per heavy atom. The van der Waals surface area contributed by atoms with E-state index in [1.807, 2.05) is 129 Å². The maximum Gasteiger partial charge on any atom is 0.433 e. The molecule has 0 heterocycles. The van der Waals surface area contributed by atoms with E-state index >= 15 is 4.57 Å². The zero-order chi connectivity index (χ0) is 25.6. The second kappa shape index (κ2) is 11.2. The van der Waals surface area contributed by atoms with Gasteiger partial charge in [0.15, 0.2) is 7.14 Å². The van der Waals surface area contributed by atoms with Gasteiger partial charge in [0.25, 0.3) is 0 Å². The number of benzene rings is 4. The summed E-state index contributed by atoms with van der Waals surface area (Å²) >= 11 is 0. The van der Waals surface area contributed by atoms with Crippen LogP contribution in [0, 0.1) is 0 Å². The topological polar surface area (TPSA) is 67.8 Å². The molecule has 1 amide bonds. The monoisotopic (exact) mass is 516 g/mol. The maximum absolute atomic E-state index is 15.4. The summed E-state index contributed by atoms with van der Waals surface area (Å²) in [5, 5.41) is 7.32. The predicted molar refractivity (Wildman–Crippen MR) is 152 cm³/mol.